The predicted molar refractivity (Wildman–Crippen MR) is 120 cm³/mol. The number of carboxylic acid groups (broad SMARTS) is 1. The zero-order chi connectivity index (χ0) is 22.5. The molecule has 0 atom stereocenters. The molecule has 4 aromatic rings. The molecule has 32 heavy (non-hydrogen) atoms. The van der Waals surface area contributed by atoms with Crippen LogP contribution in [0.5, 0.6) is 11.6 Å². The summed E-state index contributed by atoms with van der Waals surface area (Å²) in [5, 5.41) is 14.0. The predicted octanol–water partition coefficient (Wildman–Crippen LogP) is 5.09. The highest BCUT2D eigenvalue weighted by Crippen LogP contribution is 2.27. The fourth-order valence-electron chi connectivity index (χ4n) is 3.10. The molecule has 7 nitrogen and oxygen atoms in total. The molecule has 162 valence electrons. The van der Waals surface area contributed by atoms with Crippen LogP contribution >= 0.6 is 11.6 Å². The second-order valence-corrected chi connectivity index (χ2v) is 7.48. The van der Waals surface area contributed by atoms with E-state index in [9.17, 15) is 9.90 Å². The molecule has 1 N–H and O–H groups in total. The Kier molecular flexibility index (Phi) is 6.37. The molecule has 2 aromatic carbocycles. The maximum Gasteiger partial charge on any atom is 0.335 e. The van der Waals surface area contributed by atoms with Gasteiger partial charge < -0.3 is 14.6 Å². The smallest absolute Gasteiger partial charge is 0.335 e. The quantitative estimate of drug-likeness (QED) is 0.403. The van der Waals surface area contributed by atoms with Crippen molar-refractivity contribution in [1.82, 2.24) is 14.8 Å². The minimum Gasteiger partial charge on any atom is -0.488 e. The summed E-state index contributed by atoms with van der Waals surface area (Å²) in [6, 6.07) is 17.9. The van der Waals surface area contributed by atoms with Crippen LogP contribution in [0.15, 0.2) is 73.1 Å². The van der Waals surface area contributed by atoms with Crippen LogP contribution < -0.4 is 9.47 Å². The van der Waals surface area contributed by atoms with Gasteiger partial charge in [-0.1, -0.05) is 41.9 Å². The van der Waals surface area contributed by atoms with E-state index in [0.29, 0.717) is 29.1 Å². The second-order valence-electron chi connectivity index (χ2n) is 7.04. The summed E-state index contributed by atoms with van der Waals surface area (Å²) in [6.07, 6.45) is 2.98. The van der Waals surface area contributed by atoms with Crippen molar-refractivity contribution in [3.63, 3.8) is 0 Å². The van der Waals surface area contributed by atoms with Crippen LogP contribution in [0, 0.1) is 6.92 Å². The van der Waals surface area contributed by atoms with Gasteiger partial charge in [0.25, 0.3) is 0 Å². The maximum absolute atomic E-state index is 11.3. The molecule has 0 aliphatic heterocycles. The average Bonchev–Trinajstić information content (AvgIpc) is 3.26. The number of benzene rings is 2. The molecular formula is C24H20ClN3O4. The van der Waals surface area contributed by atoms with Gasteiger partial charge in [0.05, 0.1) is 11.8 Å². The van der Waals surface area contributed by atoms with Crippen LogP contribution in [-0.4, -0.2) is 25.8 Å². The summed E-state index contributed by atoms with van der Waals surface area (Å²) >= 11 is 6.18. The molecule has 0 saturated carbocycles. The summed E-state index contributed by atoms with van der Waals surface area (Å²) < 4.78 is 13.5. The number of hydrogen-bond acceptors (Lipinski definition) is 5. The number of rotatable bonds is 8. The molecule has 0 aliphatic carbocycles. The van der Waals surface area contributed by atoms with Crippen molar-refractivity contribution in [3.8, 4) is 17.4 Å². The summed E-state index contributed by atoms with van der Waals surface area (Å²) in [4.78, 5) is 15.5. The Morgan fingerprint density at radius 3 is 2.62 bits per heavy atom. The Morgan fingerprint density at radius 2 is 1.81 bits per heavy atom. The van der Waals surface area contributed by atoms with Crippen molar-refractivity contribution in [2.24, 2.45) is 0 Å². The van der Waals surface area contributed by atoms with Crippen molar-refractivity contribution in [2.75, 3.05) is 0 Å². The molecule has 0 spiro atoms. The maximum atomic E-state index is 11.3. The van der Waals surface area contributed by atoms with Crippen LogP contribution in [0.4, 0.5) is 0 Å². The third kappa shape index (κ3) is 4.90. The van der Waals surface area contributed by atoms with E-state index in [1.54, 1.807) is 24.4 Å². The van der Waals surface area contributed by atoms with E-state index in [0.717, 1.165) is 16.7 Å². The third-order valence-electron chi connectivity index (χ3n) is 4.87. The fraction of sp³-hybridized carbons (Fsp3) is 0.125. The van der Waals surface area contributed by atoms with Crippen molar-refractivity contribution in [2.45, 2.75) is 20.1 Å². The van der Waals surface area contributed by atoms with E-state index in [4.69, 9.17) is 21.1 Å². The zero-order valence-electron chi connectivity index (χ0n) is 17.2. The number of halogens is 1. The Labute approximate surface area is 189 Å². The minimum atomic E-state index is -1.04. The number of carboxylic acids is 1. The van der Waals surface area contributed by atoms with Crippen LogP contribution in [0.1, 0.15) is 27.0 Å². The van der Waals surface area contributed by atoms with Gasteiger partial charge in [-0.25, -0.2) is 9.78 Å². The largest absolute Gasteiger partial charge is 0.488 e. The summed E-state index contributed by atoms with van der Waals surface area (Å²) in [5.74, 6) is 0.342. The van der Waals surface area contributed by atoms with Gasteiger partial charge in [0.2, 0.25) is 5.88 Å². The van der Waals surface area contributed by atoms with E-state index in [1.165, 1.54) is 23.0 Å². The van der Waals surface area contributed by atoms with Gasteiger partial charge in [0.1, 0.15) is 19.0 Å². The number of aryl methyl sites for hydroxylation is 1. The van der Waals surface area contributed by atoms with Gasteiger partial charge in [-0.15, -0.1) is 0 Å². The van der Waals surface area contributed by atoms with Gasteiger partial charge in [-0.05, 0) is 42.3 Å². The molecule has 0 amide bonds. The zero-order valence-corrected chi connectivity index (χ0v) is 18.0. The van der Waals surface area contributed by atoms with Gasteiger partial charge in [-0.2, -0.15) is 9.78 Å². The normalized spacial score (nSPS) is 10.7. The van der Waals surface area contributed by atoms with Gasteiger partial charge >= 0.3 is 5.97 Å². The first-order valence-electron chi connectivity index (χ1n) is 9.83. The number of pyridine rings is 1. The first-order chi connectivity index (χ1) is 15.5. The molecule has 2 heterocycles. The lowest BCUT2D eigenvalue weighted by Gasteiger charge is -2.14. The van der Waals surface area contributed by atoms with E-state index in [-0.39, 0.29) is 12.2 Å². The average molecular weight is 450 g/mol. The van der Waals surface area contributed by atoms with Crippen LogP contribution in [0.25, 0.3) is 5.82 Å². The summed E-state index contributed by atoms with van der Waals surface area (Å²) in [7, 11) is 0. The van der Waals surface area contributed by atoms with Crippen LogP contribution in [-0.2, 0) is 13.2 Å². The Balaban J connectivity index is 1.52. The lowest BCUT2D eigenvalue weighted by atomic mass is 10.1. The highest BCUT2D eigenvalue weighted by molar-refractivity contribution is 6.30. The highest BCUT2D eigenvalue weighted by Gasteiger charge is 2.13. The molecule has 2 aromatic heterocycles. The summed E-state index contributed by atoms with van der Waals surface area (Å²) in [5.41, 5.74) is 3.15. The summed E-state index contributed by atoms with van der Waals surface area (Å²) in [6.45, 7) is 2.64. The second kappa shape index (κ2) is 9.53. The van der Waals surface area contributed by atoms with Gasteiger partial charge in [0.15, 0.2) is 5.82 Å². The molecule has 0 bridgehead atoms. The van der Waals surface area contributed by atoms with E-state index >= 15 is 0 Å². The standard InChI is InChI=1S/C24H20ClN3O4/c1-16-4-2-3-5-18(16)14-31-21-13-20(25)7-6-19(21)15-32-23-9-11-27-28(23)22-12-17(24(29)30)8-10-26-22/h2-13H,14-15H2,1H3,(H,29,30). The Morgan fingerprint density at radius 1 is 1.00 bits per heavy atom. The number of hydrogen-bond donors (Lipinski definition) is 1. The van der Waals surface area contributed by atoms with Crippen molar-refractivity contribution in [3.05, 3.63) is 100 Å². The topological polar surface area (TPSA) is 86.5 Å². The molecule has 0 aliphatic rings. The highest BCUT2D eigenvalue weighted by atomic mass is 35.5. The molecular weight excluding hydrogens is 430 g/mol. The lowest BCUT2D eigenvalue weighted by Crippen LogP contribution is -2.07. The molecule has 0 radical (unpaired) electrons. The SMILES string of the molecule is Cc1ccccc1COc1cc(Cl)ccc1COc1ccnn1-c1cc(C(=O)O)ccn1. The number of aromatic nitrogens is 3. The van der Waals surface area contributed by atoms with Gasteiger partial charge in [-0.3, -0.25) is 0 Å². The number of aromatic carboxylic acids is 1. The molecule has 4 rings (SSSR count). The molecule has 0 saturated heterocycles. The number of nitrogens with zero attached hydrogens (tertiary/aromatic N) is 3. The van der Waals surface area contributed by atoms with Gasteiger partial charge in [0, 0.05) is 22.8 Å². The Hall–Kier alpha value is -3.84. The number of ether oxygens (including phenoxy) is 2. The monoisotopic (exact) mass is 449 g/mol. The van der Waals surface area contributed by atoms with E-state index < -0.39 is 5.97 Å². The molecule has 0 fully saturated rings. The van der Waals surface area contributed by atoms with E-state index in [2.05, 4.69) is 10.1 Å². The third-order valence-corrected chi connectivity index (χ3v) is 5.10. The van der Waals surface area contributed by atoms with Crippen molar-refractivity contribution >= 4 is 17.6 Å². The van der Waals surface area contributed by atoms with Crippen LogP contribution in [0.3, 0.4) is 0 Å². The molecule has 8 heteroatoms. The minimum absolute atomic E-state index is 0.112. The van der Waals surface area contributed by atoms with Crippen LogP contribution in [0.2, 0.25) is 5.02 Å². The first-order valence-corrected chi connectivity index (χ1v) is 10.2. The number of carbonyl (C=O) groups is 1. The Bertz CT molecular complexity index is 1260. The lowest BCUT2D eigenvalue weighted by molar-refractivity contribution is 0.0696. The van der Waals surface area contributed by atoms with E-state index in [1.807, 2.05) is 37.3 Å². The fourth-order valence-corrected chi connectivity index (χ4v) is 3.26. The first kappa shape index (κ1) is 21.4. The molecule has 0 unspecified atom stereocenters. The van der Waals surface area contributed by atoms with Crippen molar-refractivity contribution < 1.29 is 19.4 Å². The van der Waals surface area contributed by atoms with Crippen molar-refractivity contribution in [1.29, 1.82) is 0 Å².